The number of pyridine rings is 1. The fraction of sp³-hybridized carbons (Fsp3) is 0.571. The lowest BCUT2D eigenvalue weighted by molar-refractivity contribution is 0.0635. The Labute approximate surface area is 124 Å². The zero-order valence-corrected chi connectivity index (χ0v) is 14.3. The molecule has 5 heteroatoms. The Bertz CT molecular complexity index is 440. The van der Waals surface area contributed by atoms with E-state index in [9.17, 15) is 4.79 Å². The molecule has 1 heterocycles. The highest BCUT2D eigenvalue weighted by molar-refractivity contribution is 9.10. The third-order valence-corrected chi connectivity index (χ3v) is 3.24. The van der Waals surface area contributed by atoms with E-state index in [2.05, 4.69) is 26.2 Å². The van der Waals surface area contributed by atoms with Gasteiger partial charge in [-0.05, 0) is 56.1 Å². The first-order valence-electron chi connectivity index (χ1n) is 6.32. The average Bonchev–Trinajstić information content (AvgIpc) is 2.30. The van der Waals surface area contributed by atoms with Crippen molar-refractivity contribution in [1.29, 1.82) is 0 Å². The van der Waals surface area contributed by atoms with Crippen molar-refractivity contribution in [3.63, 3.8) is 0 Å². The molecule has 0 spiro atoms. The smallest absolute Gasteiger partial charge is 0.412 e. The average molecular weight is 331 g/mol. The van der Waals surface area contributed by atoms with Crippen molar-refractivity contribution in [3.8, 4) is 0 Å². The molecule has 108 valence electrons. The van der Waals surface area contributed by atoms with E-state index in [0.717, 1.165) is 15.7 Å². The van der Waals surface area contributed by atoms with Crippen LogP contribution in [0.25, 0.3) is 0 Å². The molecule has 0 saturated heterocycles. The Hall–Kier alpha value is -1.10. The van der Waals surface area contributed by atoms with Crippen molar-refractivity contribution in [2.75, 3.05) is 5.32 Å². The van der Waals surface area contributed by atoms with Crippen molar-refractivity contribution in [2.24, 2.45) is 0 Å². The molecule has 1 amide bonds. The Kier molecular flexibility index (Phi) is 7.05. The summed E-state index contributed by atoms with van der Waals surface area (Å²) in [5.74, 6) is 0. The van der Waals surface area contributed by atoms with Crippen molar-refractivity contribution in [2.45, 2.75) is 54.1 Å². The Morgan fingerprint density at radius 3 is 2.32 bits per heavy atom. The number of ether oxygens (including phenoxy) is 1. The third kappa shape index (κ3) is 6.05. The van der Waals surface area contributed by atoms with E-state index in [4.69, 9.17) is 4.74 Å². The van der Waals surface area contributed by atoms with Gasteiger partial charge in [-0.15, -0.1) is 0 Å². The van der Waals surface area contributed by atoms with Crippen molar-refractivity contribution in [3.05, 3.63) is 21.9 Å². The summed E-state index contributed by atoms with van der Waals surface area (Å²) in [6.45, 7) is 13.3. The summed E-state index contributed by atoms with van der Waals surface area (Å²) in [6.07, 6.45) is 1.15. The van der Waals surface area contributed by atoms with Crippen LogP contribution in [0.2, 0.25) is 0 Å². The number of rotatable bonds is 1. The molecular formula is C14H23BrN2O2. The van der Waals surface area contributed by atoms with E-state index >= 15 is 0 Å². The number of nitrogens with one attached hydrogen (secondary N) is 1. The van der Waals surface area contributed by atoms with Gasteiger partial charge in [0.15, 0.2) is 0 Å². The number of nitrogens with zero attached hydrogens (tertiary/aromatic N) is 1. The minimum absolute atomic E-state index is 0.474. The number of hydrogen-bond acceptors (Lipinski definition) is 3. The second-order valence-electron chi connectivity index (χ2n) is 4.82. The number of carbonyl (C=O) groups excluding carboxylic acids is 1. The van der Waals surface area contributed by atoms with E-state index in [1.54, 1.807) is 6.20 Å². The predicted octanol–water partition coefficient (Wildman–Crippen LogP) is 4.83. The summed E-state index contributed by atoms with van der Waals surface area (Å²) in [5.41, 5.74) is 1.96. The zero-order valence-electron chi connectivity index (χ0n) is 12.7. The van der Waals surface area contributed by atoms with Gasteiger partial charge in [-0.25, -0.2) is 4.79 Å². The maximum absolute atomic E-state index is 11.6. The third-order valence-electron chi connectivity index (χ3n) is 2.07. The largest absolute Gasteiger partial charge is 0.444 e. The van der Waals surface area contributed by atoms with Gasteiger partial charge in [-0.2, -0.15) is 0 Å². The molecule has 0 bridgehead atoms. The molecule has 0 radical (unpaired) electrons. The van der Waals surface area contributed by atoms with Crippen LogP contribution in [0.15, 0.2) is 10.7 Å². The van der Waals surface area contributed by atoms with Crippen LogP contribution >= 0.6 is 15.9 Å². The SMILES string of the molecule is CC.Cc1ncc(NC(=O)OC(C)(C)C)c(C)c1Br. The molecule has 1 aromatic heterocycles. The van der Waals surface area contributed by atoms with Crippen molar-refractivity contribution >= 4 is 27.7 Å². The van der Waals surface area contributed by atoms with Gasteiger partial charge in [-0.3, -0.25) is 10.3 Å². The Balaban J connectivity index is 0.00000154. The fourth-order valence-corrected chi connectivity index (χ4v) is 1.56. The van der Waals surface area contributed by atoms with Crippen LogP contribution in [0.4, 0.5) is 10.5 Å². The molecule has 4 nitrogen and oxygen atoms in total. The standard InChI is InChI=1S/C12H17BrN2O2.C2H6/c1-7-9(6-14-8(2)10(7)13)15-11(16)17-12(3,4)5;1-2/h6H,1-5H3,(H,15,16);1-2H3. The van der Waals surface area contributed by atoms with Crippen LogP contribution in [-0.4, -0.2) is 16.7 Å². The Morgan fingerprint density at radius 2 is 1.84 bits per heavy atom. The molecule has 1 aromatic rings. The number of aromatic nitrogens is 1. The molecule has 0 saturated carbocycles. The first-order chi connectivity index (χ1) is 8.70. The van der Waals surface area contributed by atoms with Gasteiger partial charge in [0.1, 0.15) is 5.60 Å². The van der Waals surface area contributed by atoms with Crippen LogP contribution in [0, 0.1) is 13.8 Å². The van der Waals surface area contributed by atoms with E-state index < -0.39 is 11.7 Å². The molecule has 0 atom stereocenters. The first-order valence-corrected chi connectivity index (χ1v) is 7.11. The molecule has 1 rings (SSSR count). The Morgan fingerprint density at radius 1 is 1.32 bits per heavy atom. The summed E-state index contributed by atoms with van der Waals surface area (Å²) in [7, 11) is 0. The van der Waals surface area contributed by atoms with Gasteiger partial charge in [0, 0.05) is 4.47 Å². The number of carbonyl (C=O) groups is 1. The van der Waals surface area contributed by atoms with Crippen LogP contribution in [0.1, 0.15) is 45.9 Å². The van der Waals surface area contributed by atoms with Gasteiger partial charge in [0.2, 0.25) is 0 Å². The van der Waals surface area contributed by atoms with Crippen LogP contribution in [0.5, 0.6) is 0 Å². The monoisotopic (exact) mass is 330 g/mol. The summed E-state index contributed by atoms with van der Waals surface area (Å²) in [4.78, 5) is 15.8. The van der Waals surface area contributed by atoms with E-state index in [0.29, 0.717) is 5.69 Å². The normalized spacial score (nSPS) is 10.3. The minimum Gasteiger partial charge on any atom is -0.444 e. The van der Waals surface area contributed by atoms with E-state index in [1.807, 2.05) is 48.5 Å². The van der Waals surface area contributed by atoms with Crippen molar-refractivity contribution < 1.29 is 9.53 Å². The quantitative estimate of drug-likeness (QED) is 0.801. The number of aryl methyl sites for hydroxylation is 1. The highest BCUT2D eigenvalue weighted by Gasteiger charge is 2.17. The second-order valence-corrected chi connectivity index (χ2v) is 5.62. The molecule has 0 aliphatic heterocycles. The highest BCUT2D eigenvalue weighted by atomic mass is 79.9. The molecule has 1 N–H and O–H groups in total. The molecular weight excluding hydrogens is 308 g/mol. The summed E-state index contributed by atoms with van der Waals surface area (Å²) in [6, 6.07) is 0. The lowest BCUT2D eigenvalue weighted by Gasteiger charge is -2.20. The van der Waals surface area contributed by atoms with E-state index in [-0.39, 0.29) is 0 Å². The summed E-state index contributed by atoms with van der Waals surface area (Å²) in [5, 5.41) is 2.68. The number of halogens is 1. The number of amides is 1. The maximum Gasteiger partial charge on any atom is 0.412 e. The molecule has 0 fully saturated rings. The lowest BCUT2D eigenvalue weighted by atomic mass is 10.2. The van der Waals surface area contributed by atoms with Gasteiger partial charge in [0.25, 0.3) is 0 Å². The van der Waals surface area contributed by atoms with Gasteiger partial charge < -0.3 is 4.74 Å². The van der Waals surface area contributed by atoms with Crippen LogP contribution < -0.4 is 5.32 Å². The topological polar surface area (TPSA) is 51.2 Å². The molecule has 0 unspecified atom stereocenters. The summed E-state index contributed by atoms with van der Waals surface area (Å²) < 4.78 is 6.07. The fourth-order valence-electron chi connectivity index (χ4n) is 1.24. The highest BCUT2D eigenvalue weighted by Crippen LogP contribution is 2.25. The van der Waals surface area contributed by atoms with Crippen LogP contribution in [0.3, 0.4) is 0 Å². The van der Waals surface area contributed by atoms with Crippen LogP contribution in [-0.2, 0) is 4.74 Å². The molecule has 19 heavy (non-hydrogen) atoms. The lowest BCUT2D eigenvalue weighted by Crippen LogP contribution is -2.27. The minimum atomic E-state index is -0.507. The van der Waals surface area contributed by atoms with Crippen molar-refractivity contribution in [1.82, 2.24) is 4.98 Å². The van der Waals surface area contributed by atoms with Gasteiger partial charge in [0.05, 0.1) is 17.6 Å². The summed E-state index contributed by atoms with van der Waals surface area (Å²) >= 11 is 3.43. The number of hydrogen-bond donors (Lipinski definition) is 1. The van der Waals surface area contributed by atoms with Gasteiger partial charge in [-0.1, -0.05) is 13.8 Å². The maximum atomic E-state index is 11.6. The van der Waals surface area contributed by atoms with E-state index in [1.165, 1.54) is 0 Å². The second kappa shape index (κ2) is 7.48. The molecule has 0 aliphatic rings. The molecule has 0 aliphatic carbocycles. The molecule has 0 aromatic carbocycles. The zero-order chi connectivity index (χ0) is 15.2. The van der Waals surface area contributed by atoms with Gasteiger partial charge >= 0.3 is 6.09 Å². The first kappa shape index (κ1) is 17.9. The number of anilines is 1. The predicted molar refractivity (Wildman–Crippen MR) is 82.6 cm³/mol.